The number of aromatic hydroxyl groups is 2. The minimum Gasteiger partial charge on any atom is -0.506 e. The van der Waals surface area contributed by atoms with Gasteiger partial charge in [0.25, 0.3) is 0 Å². The van der Waals surface area contributed by atoms with Gasteiger partial charge in [-0.15, -0.1) is 0 Å². The number of ether oxygens (including phenoxy) is 4. The van der Waals surface area contributed by atoms with Crippen molar-refractivity contribution < 1.29 is 38.0 Å². The highest BCUT2D eigenvalue weighted by Crippen LogP contribution is 2.53. The molecule has 0 saturated heterocycles. The van der Waals surface area contributed by atoms with Crippen LogP contribution in [-0.4, -0.2) is 38.7 Å². The summed E-state index contributed by atoms with van der Waals surface area (Å²) >= 11 is 0. The minimum atomic E-state index is -0.473. The molecular weight excluding hydrogens is 544 g/mol. The molecule has 0 aliphatic heterocycles. The Kier molecular flexibility index (Phi) is 6.14. The Labute approximate surface area is 237 Å². The second kappa shape index (κ2) is 9.62. The Morgan fingerprint density at radius 1 is 0.571 bits per heavy atom. The van der Waals surface area contributed by atoms with Gasteiger partial charge in [0.05, 0.1) is 39.2 Å². The van der Waals surface area contributed by atoms with Gasteiger partial charge in [0.15, 0.2) is 10.9 Å². The Bertz CT molecular complexity index is 2220. The highest BCUT2D eigenvalue weighted by Gasteiger charge is 2.29. The summed E-state index contributed by atoms with van der Waals surface area (Å²) in [6.45, 7) is 3.25. The first-order valence-corrected chi connectivity index (χ1v) is 12.8. The van der Waals surface area contributed by atoms with Crippen molar-refractivity contribution in [3.05, 3.63) is 68.4 Å². The van der Waals surface area contributed by atoms with Crippen LogP contribution >= 0.6 is 0 Å². The molecule has 6 aromatic rings. The summed E-state index contributed by atoms with van der Waals surface area (Å²) in [5, 5.41) is 24.1. The summed E-state index contributed by atoms with van der Waals surface area (Å²) < 4.78 is 34.7. The molecule has 0 amide bonds. The minimum absolute atomic E-state index is 0.0198. The molecule has 0 atom stereocenters. The summed E-state index contributed by atoms with van der Waals surface area (Å²) in [6.07, 6.45) is 0. The van der Waals surface area contributed by atoms with Gasteiger partial charge in [-0.1, -0.05) is 0 Å². The third-order valence-corrected chi connectivity index (χ3v) is 7.40. The summed E-state index contributed by atoms with van der Waals surface area (Å²) in [5.74, 6) is 1.13. The van der Waals surface area contributed by atoms with Crippen LogP contribution in [0.15, 0.2) is 54.8 Å². The first kappa shape index (κ1) is 26.8. The van der Waals surface area contributed by atoms with Crippen molar-refractivity contribution in [2.45, 2.75) is 13.8 Å². The molecule has 2 heterocycles. The van der Waals surface area contributed by atoms with Crippen LogP contribution < -0.4 is 29.8 Å². The molecule has 42 heavy (non-hydrogen) atoms. The fourth-order valence-corrected chi connectivity index (χ4v) is 5.66. The van der Waals surface area contributed by atoms with Gasteiger partial charge in [-0.25, -0.2) is 0 Å². The van der Waals surface area contributed by atoms with Crippen molar-refractivity contribution >= 4 is 43.5 Å². The summed E-state index contributed by atoms with van der Waals surface area (Å²) in [7, 11) is 5.82. The lowest BCUT2D eigenvalue weighted by molar-refractivity contribution is 0.396. The van der Waals surface area contributed by atoms with E-state index in [0.29, 0.717) is 39.2 Å². The number of phenolic OH excluding ortho intramolecular Hbond substituents is 2. The Morgan fingerprint density at radius 2 is 1.12 bits per heavy atom. The maximum atomic E-state index is 13.4. The molecule has 2 N–H and O–H groups in total. The van der Waals surface area contributed by atoms with Crippen molar-refractivity contribution in [2.24, 2.45) is 0 Å². The average molecular weight is 571 g/mol. The molecule has 0 radical (unpaired) electrons. The Hall–Kier alpha value is -5.38. The molecule has 0 aliphatic rings. The fourth-order valence-electron chi connectivity index (χ4n) is 5.66. The first-order chi connectivity index (χ1) is 20.1. The number of rotatable bonds is 5. The lowest BCUT2D eigenvalue weighted by atomic mass is 9.89. The maximum absolute atomic E-state index is 13.4. The van der Waals surface area contributed by atoms with Crippen LogP contribution in [0.2, 0.25) is 0 Å². The number of benzene rings is 4. The predicted octanol–water partition coefficient (Wildman–Crippen LogP) is 5.94. The highest BCUT2D eigenvalue weighted by molar-refractivity contribution is 6.23. The molecule has 0 saturated carbocycles. The standard InChI is InChI=1S/C32H26O10/c1-13-7-18(33)28-23(41-13)11-17-24(21(39-5)12-22(40-6)26(17)30(28)35)27-16-9-15(37-3)10-20(38-4)25(16)31(36)29-19(34)8-14(2)42-32(27)29/h7-12,35-36H,1-6H3. The summed E-state index contributed by atoms with van der Waals surface area (Å²) in [6, 6.07) is 9.02. The first-order valence-electron chi connectivity index (χ1n) is 12.8. The van der Waals surface area contributed by atoms with Gasteiger partial charge in [-0.05, 0) is 26.0 Å². The monoisotopic (exact) mass is 570 g/mol. The van der Waals surface area contributed by atoms with E-state index in [1.807, 2.05) is 0 Å². The van der Waals surface area contributed by atoms with Crippen LogP contribution in [0.25, 0.3) is 54.6 Å². The highest BCUT2D eigenvalue weighted by atomic mass is 16.5. The Balaban J connectivity index is 2.00. The maximum Gasteiger partial charge on any atom is 0.196 e. The molecular formula is C32H26O10. The van der Waals surface area contributed by atoms with Crippen molar-refractivity contribution in [2.75, 3.05) is 28.4 Å². The topological polar surface area (TPSA) is 138 Å². The normalized spacial score (nSPS) is 11.5. The number of methoxy groups -OCH3 is 4. The van der Waals surface area contributed by atoms with E-state index in [4.69, 9.17) is 27.8 Å². The second-order valence-electron chi connectivity index (χ2n) is 9.80. The third kappa shape index (κ3) is 3.72. The van der Waals surface area contributed by atoms with Gasteiger partial charge in [-0.3, -0.25) is 9.59 Å². The molecule has 10 heteroatoms. The number of hydrogen-bond acceptors (Lipinski definition) is 10. The van der Waals surface area contributed by atoms with Crippen LogP contribution in [-0.2, 0) is 0 Å². The lowest BCUT2D eigenvalue weighted by Gasteiger charge is -2.21. The molecule has 214 valence electrons. The van der Waals surface area contributed by atoms with Crippen molar-refractivity contribution in [1.82, 2.24) is 0 Å². The van der Waals surface area contributed by atoms with Gasteiger partial charge in [0.2, 0.25) is 0 Å². The molecule has 4 aromatic carbocycles. The van der Waals surface area contributed by atoms with Crippen molar-refractivity contribution in [3.63, 3.8) is 0 Å². The van der Waals surface area contributed by atoms with E-state index in [0.717, 1.165) is 0 Å². The zero-order valence-corrected chi connectivity index (χ0v) is 23.6. The fraction of sp³-hybridized carbons (Fsp3) is 0.188. The van der Waals surface area contributed by atoms with Gasteiger partial charge >= 0.3 is 0 Å². The molecule has 0 fully saturated rings. The van der Waals surface area contributed by atoms with E-state index >= 15 is 0 Å². The van der Waals surface area contributed by atoms with E-state index < -0.39 is 10.9 Å². The van der Waals surface area contributed by atoms with Gasteiger partial charge in [0, 0.05) is 46.2 Å². The zero-order valence-electron chi connectivity index (χ0n) is 23.6. The van der Waals surface area contributed by atoms with E-state index in [-0.39, 0.29) is 61.5 Å². The summed E-state index contributed by atoms with van der Waals surface area (Å²) in [5.41, 5.74) is 0.00281. The lowest BCUT2D eigenvalue weighted by Crippen LogP contribution is -2.05. The SMILES string of the molecule is COc1cc(OC)c2c(O)c3c(=O)cc(C)oc3c(-c3c(OC)cc(OC)c4c(O)c5c(=O)cc(C)oc5cc34)c2c1. The molecule has 0 spiro atoms. The van der Waals surface area contributed by atoms with Crippen molar-refractivity contribution in [1.29, 1.82) is 0 Å². The average Bonchev–Trinajstić information content (AvgIpc) is 2.95. The number of aryl methyl sites for hydroxylation is 2. The van der Waals surface area contributed by atoms with Crippen LogP contribution in [0.4, 0.5) is 0 Å². The molecule has 0 aliphatic carbocycles. The van der Waals surface area contributed by atoms with E-state index in [1.54, 1.807) is 38.1 Å². The van der Waals surface area contributed by atoms with E-state index in [9.17, 15) is 19.8 Å². The number of hydrogen-bond donors (Lipinski definition) is 2. The molecule has 0 bridgehead atoms. The summed E-state index contributed by atoms with van der Waals surface area (Å²) in [4.78, 5) is 26.3. The molecule has 10 nitrogen and oxygen atoms in total. The van der Waals surface area contributed by atoms with E-state index in [2.05, 4.69) is 0 Å². The molecule has 2 aromatic heterocycles. The third-order valence-electron chi connectivity index (χ3n) is 7.40. The smallest absolute Gasteiger partial charge is 0.196 e. The van der Waals surface area contributed by atoms with Crippen molar-refractivity contribution in [3.8, 4) is 45.6 Å². The van der Waals surface area contributed by atoms with Gasteiger partial charge < -0.3 is 38.0 Å². The quantitative estimate of drug-likeness (QED) is 0.240. The van der Waals surface area contributed by atoms with Crippen LogP contribution in [0.1, 0.15) is 11.5 Å². The molecule has 0 unspecified atom stereocenters. The molecule has 6 rings (SSSR count). The number of fused-ring (bicyclic) bond motifs is 4. The largest absolute Gasteiger partial charge is 0.506 e. The zero-order chi connectivity index (χ0) is 30.0. The second-order valence-corrected chi connectivity index (χ2v) is 9.80. The van der Waals surface area contributed by atoms with Gasteiger partial charge in [-0.2, -0.15) is 0 Å². The number of phenols is 2. The Morgan fingerprint density at radius 3 is 1.74 bits per heavy atom. The van der Waals surface area contributed by atoms with Crippen LogP contribution in [0, 0.1) is 13.8 Å². The van der Waals surface area contributed by atoms with Crippen LogP contribution in [0.3, 0.4) is 0 Å². The van der Waals surface area contributed by atoms with Crippen LogP contribution in [0.5, 0.6) is 34.5 Å². The predicted molar refractivity (Wildman–Crippen MR) is 158 cm³/mol. The van der Waals surface area contributed by atoms with Gasteiger partial charge in [0.1, 0.15) is 68.0 Å². The van der Waals surface area contributed by atoms with E-state index in [1.165, 1.54) is 40.6 Å².